The summed E-state index contributed by atoms with van der Waals surface area (Å²) < 4.78 is 5.49. The lowest BCUT2D eigenvalue weighted by Gasteiger charge is -2.26. The van der Waals surface area contributed by atoms with Crippen LogP contribution in [0.5, 0.6) is 0 Å². The molecule has 2 aliphatic rings. The van der Waals surface area contributed by atoms with E-state index in [2.05, 4.69) is 4.90 Å². The average Bonchev–Trinajstić information content (AvgIpc) is 2.67. The summed E-state index contributed by atoms with van der Waals surface area (Å²) in [6.45, 7) is 6.51. The first-order valence-corrected chi connectivity index (χ1v) is 5.88. The Kier molecular flexibility index (Phi) is 3.79. The van der Waals surface area contributed by atoms with Gasteiger partial charge in [0.1, 0.15) is 0 Å². The lowest BCUT2D eigenvalue weighted by Crippen LogP contribution is -2.32. The Hall–Kier alpha value is -0.120. The fourth-order valence-electron chi connectivity index (χ4n) is 2.59. The van der Waals surface area contributed by atoms with Gasteiger partial charge in [-0.05, 0) is 44.2 Å². The van der Waals surface area contributed by atoms with Crippen LogP contribution in [0.15, 0.2) is 0 Å². The molecule has 0 radical (unpaired) electrons. The van der Waals surface area contributed by atoms with Gasteiger partial charge in [-0.15, -0.1) is 0 Å². The van der Waals surface area contributed by atoms with E-state index in [-0.39, 0.29) is 0 Å². The standard InChI is InChI=1S/C11H22N2O/c12-6-10-3-4-13(7-10)8-11-2-1-5-14-9-11/h10-11H,1-9,12H2. The van der Waals surface area contributed by atoms with E-state index in [0.29, 0.717) is 0 Å². The SMILES string of the molecule is NCC1CCN(CC2CCCOC2)C1. The fourth-order valence-corrected chi connectivity index (χ4v) is 2.59. The molecule has 0 spiro atoms. The highest BCUT2D eigenvalue weighted by Gasteiger charge is 2.24. The zero-order valence-corrected chi connectivity index (χ0v) is 8.95. The maximum Gasteiger partial charge on any atom is 0.0506 e. The molecule has 0 amide bonds. The van der Waals surface area contributed by atoms with Gasteiger partial charge in [0, 0.05) is 19.7 Å². The number of rotatable bonds is 3. The average molecular weight is 198 g/mol. The van der Waals surface area contributed by atoms with Crippen LogP contribution in [-0.2, 0) is 4.74 Å². The highest BCUT2D eigenvalue weighted by atomic mass is 16.5. The molecule has 2 aliphatic heterocycles. The van der Waals surface area contributed by atoms with Gasteiger partial charge in [-0.2, -0.15) is 0 Å². The second-order valence-corrected chi connectivity index (χ2v) is 4.73. The summed E-state index contributed by atoms with van der Waals surface area (Å²) in [5.41, 5.74) is 5.68. The highest BCUT2D eigenvalue weighted by molar-refractivity contribution is 4.78. The number of hydrogen-bond donors (Lipinski definition) is 1. The molecular weight excluding hydrogens is 176 g/mol. The number of ether oxygens (including phenoxy) is 1. The molecule has 14 heavy (non-hydrogen) atoms. The van der Waals surface area contributed by atoms with Gasteiger partial charge < -0.3 is 15.4 Å². The molecule has 0 aromatic heterocycles. The molecule has 3 nitrogen and oxygen atoms in total. The molecule has 3 heteroatoms. The van der Waals surface area contributed by atoms with Crippen molar-refractivity contribution >= 4 is 0 Å². The van der Waals surface area contributed by atoms with Gasteiger partial charge in [-0.3, -0.25) is 0 Å². The lowest BCUT2D eigenvalue weighted by molar-refractivity contribution is 0.0414. The summed E-state index contributed by atoms with van der Waals surface area (Å²) in [4.78, 5) is 2.57. The Labute approximate surface area is 86.6 Å². The molecule has 0 aliphatic carbocycles. The molecule has 2 saturated heterocycles. The number of likely N-dealkylation sites (tertiary alicyclic amines) is 1. The molecule has 2 unspecified atom stereocenters. The molecule has 2 heterocycles. The van der Waals surface area contributed by atoms with E-state index in [0.717, 1.165) is 31.6 Å². The maximum atomic E-state index is 5.68. The minimum absolute atomic E-state index is 0.750. The second kappa shape index (κ2) is 5.10. The molecular formula is C11H22N2O. The fraction of sp³-hybridized carbons (Fsp3) is 1.00. The van der Waals surface area contributed by atoms with Crippen molar-refractivity contribution in [3.63, 3.8) is 0 Å². The van der Waals surface area contributed by atoms with Crippen LogP contribution in [-0.4, -0.2) is 44.3 Å². The van der Waals surface area contributed by atoms with Crippen molar-refractivity contribution in [1.29, 1.82) is 0 Å². The third-order valence-corrected chi connectivity index (χ3v) is 3.47. The normalized spacial score (nSPS) is 34.9. The van der Waals surface area contributed by atoms with E-state index in [9.17, 15) is 0 Å². The molecule has 0 aromatic carbocycles. The largest absolute Gasteiger partial charge is 0.381 e. The lowest BCUT2D eigenvalue weighted by atomic mass is 10.0. The summed E-state index contributed by atoms with van der Waals surface area (Å²) >= 11 is 0. The molecule has 0 bridgehead atoms. The summed E-state index contributed by atoms with van der Waals surface area (Å²) in [5, 5.41) is 0. The van der Waals surface area contributed by atoms with Gasteiger partial charge in [-0.1, -0.05) is 0 Å². The van der Waals surface area contributed by atoms with E-state index < -0.39 is 0 Å². The van der Waals surface area contributed by atoms with Crippen LogP contribution in [0.1, 0.15) is 19.3 Å². The monoisotopic (exact) mass is 198 g/mol. The quantitative estimate of drug-likeness (QED) is 0.725. The van der Waals surface area contributed by atoms with Gasteiger partial charge in [0.05, 0.1) is 6.61 Å². The molecule has 2 fully saturated rings. The van der Waals surface area contributed by atoms with Crippen LogP contribution in [0.2, 0.25) is 0 Å². The van der Waals surface area contributed by atoms with Crippen LogP contribution in [0, 0.1) is 11.8 Å². The number of hydrogen-bond acceptors (Lipinski definition) is 3. The van der Waals surface area contributed by atoms with Crippen LogP contribution >= 0.6 is 0 Å². The van der Waals surface area contributed by atoms with Gasteiger partial charge in [0.15, 0.2) is 0 Å². The summed E-state index contributed by atoms with van der Waals surface area (Å²) in [7, 11) is 0. The Balaban J connectivity index is 1.69. The number of nitrogens with two attached hydrogens (primary N) is 1. The highest BCUT2D eigenvalue weighted by Crippen LogP contribution is 2.20. The molecule has 2 N–H and O–H groups in total. The van der Waals surface area contributed by atoms with Gasteiger partial charge in [0.2, 0.25) is 0 Å². The predicted molar refractivity (Wildman–Crippen MR) is 57.1 cm³/mol. The van der Waals surface area contributed by atoms with Gasteiger partial charge >= 0.3 is 0 Å². The van der Waals surface area contributed by atoms with Crippen LogP contribution in [0.25, 0.3) is 0 Å². The number of nitrogens with zero attached hydrogens (tertiary/aromatic N) is 1. The van der Waals surface area contributed by atoms with E-state index in [1.54, 1.807) is 0 Å². The van der Waals surface area contributed by atoms with E-state index >= 15 is 0 Å². The minimum atomic E-state index is 0.750. The summed E-state index contributed by atoms with van der Waals surface area (Å²) in [5.74, 6) is 1.53. The first-order valence-electron chi connectivity index (χ1n) is 5.88. The van der Waals surface area contributed by atoms with Gasteiger partial charge in [-0.25, -0.2) is 0 Å². The Bertz CT molecular complexity index is 169. The second-order valence-electron chi connectivity index (χ2n) is 4.73. The van der Waals surface area contributed by atoms with Crippen molar-refractivity contribution in [2.45, 2.75) is 19.3 Å². The molecule has 82 valence electrons. The molecule has 2 rings (SSSR count). The van der Waals surface area contributed by atoms with Gasteiger partial charge in [0.25, 0.3) is 0 Å². The van der Waals surface area contributed by atoms with E-state index in [4.69, 9.17) is 10.5 Å². The van der Waals surface area contributed by atoms with Crippen LogP contribution in [0.4, 0.5) is 0 Å². The third-order valence-electron chi connectivity index (χ3n) is 3.47. The van der Waals surface area contributed by atoms with Crippen molar-refractivity contribution < 1.29 is 4.74 Å². The van der Waals surface area contributed by atoms with Crippen molar-refractivity contribution in [1.82, 2.24) is 4.90 Å². The topological polar surface area (TPSA) is 38.5 Å². The molecule has 0 saturated carbocycles. The van der Waals surface area contributed by atoms with Crippen molar-refractivity contribution in [3.05, 3.63) is 0 Å². The van der Waals surface area contributed by atoms with Crippen LogP contribution in [0.3, 0.4) is 0 Å². The first kappa shape index (κ1) is 10.4. The van der Waals surface area contributed by atoms with E-state index in [1.807, 2.05) is 0 Å². The van der Waals surface area contributed by atoms with Crippen molar-refractivity contribution in [2.75, 3.05) is 39.4 Å². The zero-order valence-electron chi connectivity index (χ0n) is 8.95. The zero-order chi connectivity index (χ0) is 9.80. The van der Waals surface area contributed by atoms with E-state index in [1.165, 1.54) is 38.9 Å². The van der Waals surface area contributed by atoms with Crippen LogP contribution < -0.4 is 5.73 Å². The van der Waals surface area contributed by atoms with Crippen molar-refractivity contribution in [2.24, 2.45) is 17.6 Å². The smallest absolute Gasteiger partial charge is 0.0506 e. The summed E-state index contributed by atoms with van der Waals surface area (Å²) in [6.07, 6.45) is 3.90. The summed E-state index contributed by atoms with van der Waals surface area (Å²) in [6, 6.07) is 0. The maximum absolute atomic E-state index is 5.68. The Morgan fingerprint density at radius 2 is 2.21 bits per heavy atom. The Morgan fingerprint density at radius 1 is 1.29 bits per heavy atom. The third kappa shape index (κ3) is 2.69. The first-order chi connectivity index (χ1) is 6.88. The Morgan fingerprint density at radius 3 is 2.86 bits per heavy atom. The minimum Gasteiger partial charge on any atom is -0.381 e. The predicted octanol–water partition coefficient (Wildman–Crippen LogP) is 0.694. The molecule has 0 aromatic rings. The van der Waals surface area contributed by atoms with Crippen molar-refractivity contribution in [3.8, 4) is 0 Å². The molecule has 2 atom stereocenters.